The van der Waals surface area contributed by atoms with E-state index in [1.165, 1.54) is 11.8 Å². The van der Waals surface area contributed by atoms with Gasteiger partial charge in [0.1, 0.15) is 18.2 Å². The second-order valence-electron chi connectivity index (χ2n) is 11.9. The Hall–Kier alpha value is -3.96. The molecule has 10 nitrogen and oxygen atoms in total. The first-order chi connectivity index (χ1) is 21.5. The fraction of sp³-hybridized carbons (Fsp3) is 0.424. The van der Waals surface area contributed by atoms with E-state index in [1.807, 2.05) is 72.8 Å². The van der Waals surface area contributed by atoms with E-state index in [1.54, 1.807) is 14.5 Å². The number of amides is 2. The molecule has 1 spiro atoms. The number of para-hydroxylation sites is 1. The number of fused-ring (bicyclic) bond motifs is 3. The number of carbonyl (C=O) groups excluding carboxylic acids is 3. The maximum atomic E-state index is 14.8. The number of aliphatic hydroxyl groups excluding tert-OH is 1. The van der Waals surface area contributed by atoms with Crippen LogP contribution in [-0.4, -0.2) is 89.5 Å². The molecule has 1 unspecified atom stereocenters. The second kappa shape index (κ2) is 11.9. The predicted octanol–water partition coefficient (Wildman–Crippen LogP) is 2.97. The van der Waals surface area contributed by atoms with Crippen molar-refractivity contribution in [2.75, 3.05) is 19.8 Å². The van der Waals surface area contributed by atoms with Crippen molar-refractivity contribution in [2.45, 2.75) is 54.4 Å². The standard InChI is InChI=1S/C33H35N5O5S/c39-20-23(19-22-11-4-3-5-12-22)38-29-31(41)36(21-37-25-14-8-7-13-24(25)34-35-37)17-10-16-33(29)28(30(38)40)27-26(44-33)15-6-1-2-9-18-43-32(27)42/h3-8,10-16,23,26-29,39H,1-2,9,17-21H2/b15-6-/t23-,26+,27-,28+,29?,33+/m1/s1. The Morgan fingerprint density at radius 1 is 1.02 bits per heavy atom. The molecule has 2 saturated heterocycles. The minimum atomic E-state index is -1.01. The van der Waals surface area contributed by atoms with Gasteiger partial charge >= 0.3 is 5.97 Å². The Kier molecular flexibility index (Phi) is 7.75. The van der Waals surface area contributed by atoms with Gasteiger partial charge in [0.25, 0.3) is 0 Å². The summed E-state index contributed by atoms with van der Waals surface area (Å²) >= 11 is 1.51. The SMILES string of the molecule is O=C1OCCCC/C=C\[C@@H]2S[C@]34C=CCN(Cn5nnc6ccccc65)C(=O)C3N([C@@H](CO)Cc3ccccc3)C(=O)[C@@H]4[C@H]12. The number of thioether (sulfide) groups is 1. The van der Waals surface area contributed by atoms with Gasteiger partial charge in [0.2, 0.25) is 11.8 Å². The van der Waals surface area contributed by atoms with E-state index in [0.717, 1.165) is 35.9 Å². The molecule has 1 N–H and O–H groups in total. The summed E-state index contributed by atoms with van der Waals surface area (Å²) < 4.78 is 6.41. The zero-order chi connectivity index (χ0) is 30.3. The number of rotatable bonds is 6. The molecule has 5 heterocycles. The fourth-order valence-electron chi connectivity index (χ4n) is 7.24. The van der Waals surface area contributed by atoms with Crippen LogP contribution in [0.1, 0.15) is 24.8 Å². The molecule has 0 saturated carbocycles. The third-order valence-corrected chi connectivity index (χ3v) is 11.0. The number of esters is 1. The maximum absolute atomic E-state index is 14.8. The zero-order valence-electron chi connectivity index (χ0n) is 24.3. The summed E-state index contributed by atoms with van der Waals surface area (Å²) in [7, 11) is 0. The Morgan fingerprint density at radius 2 is 1.84 bits per heavy atom. The minimum absolute atomic E-state index is 0.144. The highest BCUT2D eigenvalue weighted by molar-refractivity contribution is 8.02. The number of benzene rings is 2. The normalized spacial score (nSPS) is 30.0. The van der Waals surface area contributed by atoms with E-state index in [9.17, 15) is 19.5 Å². The van der Waals surface area contributed by atoms with Crippen molar-refractivity contribution in [1.82, 2.24) is 24.8 Å². The van der Waals surface area contributed by atoms with Crippen LogP contribution in [0.25, 0.3) is 11.0 Å². The lowest BCUT2D eigenvalue weighted by Gasteiger charge is -2.38. The summed E-state index contributed by atoms with van der Waals surface area (Å²) in [6.07, 6.45) is 10.9. The van der Waals surface area contributed by atoms with Crippen molar-refractivity contribution < 1.29 is 24.2 Å². The van der Waals surface area contributed by atoms with E-state index in [0.29, 0.717) is 19.6 Å². The number of nitrogens with zero attached hydrogens (tertiary/aromatic N) is 5. The van der Waals surface area contributed by atoms with Gasteiger partial charge in [-0.1, -0.05) is 72.0 Å². The molecule has 0 bridgehead atoms. The smallest absolute Gasteiger partial charge is 0.311 e. The lowest BCUT2D eigenvalue weighted by Crippen LogP contribution is -2.57. The average molecular weight is 614 g/mol. The lowest BCUT2D eigenvalue weighted by molar-refractivity contribution is -0.153. The Morgan fingerprint density at radius 3 is 2.68 bits per heavy atom. The van der Waals surface area contributed by atoms with Crippen LogP contribution in [0, 0.1) is 11.8 Å². The van der Waals surface area contributed by atoms with Crippen molar-refractivity contribution in [1.29, 1.82) is 0 Å². The minimum Gasteiger partial charge on any atom is -0.465 e. The summed E-state index contributed by atoms with van der Waals surface area (Å²) in [4.78, 5) is 46.4. The van der Waals surface area contributed by atoms with Crippen LogP contribution in [0.3, 0.4) is 0 Å². The van der Waals surface area contributed by atoms with E-state index in [4.69, 9.17) is 4.74 Å². The first-order valence-electron chi connectivity index (χ1n) is 15.2. The van der Waals surface area contributed by atoms with Crippen molar-refractivity contribution in [2.24, 2.45) is 11.8 Å². The monoisotopic (exact) mass is 613 g/mol. The molecule has 1 aromatic heterocycles. The number of aromatic nitrogens is 3. The molecule has 11 heteroatoms. The van der Waals surface area contributed by atoms with E-state index in [2.05, 4.69) is 16.4 Å². The van der Waals surface area contributed by atoms with Gasteiger partial charge < -0.3 is 19.6 Å². The number of carbonyl (C=O) groups is 3. The molecule has 2 aromatic carbocycles. The van der Waals surface area contributed by atoms with Gasteiger partial charge in [-0.05, 0) is 43.4 Å². The lowest BCUT2D eigenvalue weighted by atomic mass is 9.78. The molecule has 0 radical (unpaired) electrons. The molecule has 6 atom stereocenters. The summed E-state index contributed by atoms with van der Waals surface area (Å²) in [5.74, 6) is -2.49. The van der Waals surface area contributed by atoms with Gasteiger partial charge in [0.15, 0.2) is 0 Å². The third-order valence-electron chi connectivity index (χ3n) is 9.27. The van der Waals surface area contributed by atoms with Crippen LogP contribution < -0.4 is 0 Å². The van der Waals surface area contributed by atoms with E-state index < -0.39 is 34.6 Å². The highest BCUT2D eigenvalue weighted by Crippen LogP contribution is 2.61. The highest BCUT2D eigenvalue weighted by atomic mass is 32.2. The number of allylic oxidation sites excluding steroid dienone is 1. The number of hydrogen-bond acceptors (Lipinski definition) is 8. The third kappa shape index (κ3) is 4.82. The molecule has 2 fully saturated rings. The van der Waals surface area contributed by atoms with Crippen LogP contribution in [-0.2, 0) is 32.2 Å². The molecule has 7 rings (SSSR count). The molecular formula is C33H35N5O5S. The average Bonchev–Trinajstić information content (AvgIpc) is 3.64. The molecule has 44 heavy (non-hydrogen) atoms. The van der Waals surface area contributed by atoms with Gasteiger partial charge in [-0.3, -0.25) is 14.4 Å². The number of aliphatic hydroxyl groups is 1. The van der Waals surface area contributed by atoms with Crippen LogP contribution in [0.2, 0.25) is 0 Å². The van der Waals surface area contributed by atoms with Gasteiger partial charge in [-0.25, -0.2) is 4.68 Å². The molecule has 4 aliphatic heterocycles. The Bertz CT molecular complexity index is 1620. The first-order valence-corrected chi connectivity index (χ1v) is 16.1. The topological polar surface area (TPSA) is 118 Å². The van der Waals surface area contributed by atoms with Gasteiger partial charge in [-0.2, -0.15) is 0 Å². The Balaban J connectivity index is 1.31. The van der Waals surface area contributed by atoms with Crippen molar-refractivity contribution in [3.8, 4) is 0 Å². The summed E-state index contributed by atoms with van der Waals surface area (Å²) in [5, 5.41) is 19.0. The molecule has 228 valence electrons. The molecule has 0 aliphatic carbocycles. The summed E-state index contributed by atoms with van der Waals surface area (Å²) in [5.41, 5.74) is 2.47. The largest absolute Gasteiger partial charge is 0.465 e. The van der Waals surface area contributed by atoms with Crippen LogP contribution in [0.4, 0.5) is 0 Å². The van der Waals surface area contributed by atoms with Crippen LogP contribution in [0.15, 0.2) is 78.9 Å². The number of hydrogen-bond donors (Lipinski definition) is 1. The fourth-order valence-corrected chi connectivity index (χ4v) is 9.23. The highest BCUT2D eigenvalue weighted by Gasteiger charge is 2.71. The van der Waals surface area contributed by atoms with Crippen LogP contribution >= 0.6 is 11.8 Å². The molecular weight excluding hydrogens is 578 g/mol. The Labute approximate surface area is 259 Å². The van der Waals surface area contributed by atoms with Gasteiger partial charge in [0, 0.05) is 11.8 Å². The van der Waals surface area contributed by atoms with Crippen molar-refractivity contribution >= 4 is 40.6 Å². The number of ether oxygens (including phenoxy) is 1. The maximum Gasteiger partial charge on any atom is 0.311 e. The quantitative estimate of drug-likeness (QED) is 0.333. The van der Waals surface area contributed by atoms with Gasteiger partial charge in [0.05, 0.1) is 41.4 Å². The summed E-state index contributed by atoms with van der Waals surface area (Å²) in [6, 6.07) is 15.6. The number of cyclic esters (lactones) is 1. The first kappa shape index (κ1) is 28.8. The molecule has 3 aromatic rings. The van der Waals surface area contributed by atoms with Crippen molar-refractivity contribution in [3.63, 3.8) is 0 Å². The molecule has 4 aliphatic rings. The summed E-state index contributed by atoms with van der Waals surface area (Å²) in [6.45, 7) is 0.431. The number of likely N-dealkylation sites (tertiary alicyclic amines) is 1. The van der Waals surface area contributed by atoms with E-state index in [-0.39, 0.29) is 30.3 Å². The van der Waals surface area contributed by atoms with E-state index >= 15 is 0 Å². The molecule has 2 amide bonds. The van der Waals surface area contributed by atoms with Crippen molar-refractivity contribution in [3.05, 3.63) is 84.5 Å². The predicted molar refractivity (Wildman–Crippen MR) is 165 cm³/mol. The van der Waals surface area contributed by atoms with Gasteiger partial charge in [-0.15, -0.1) is 16.9 Å². The van der Waals surface area contributed by atoms with Crippen LogP contribution in [0.5, 0.6) is 0 Å². The second-order valence-corrected chi connectivity index (χ2v) is 13.4. The zero-order valence-corrected chi connectivity index (χ0v) is 25.1.